The highest BCUT2D eigenvalue weighted by Gasteiger charge is 2.30. The number of ketones is 1. The summed E-state index contributed by atoms with van der Waals surface area (Å²) in [6.45, 7) is 5.58. The average molecular weight is 498 g/mol. The lowest BCUT2D eigenvalue weighted by atomic mass is 10.1. The largest absolute Gasteiger partial charge is 0.496 e. The third-order valence-electron chi connectivity index (χ3n) is 6.58. The lowest BCUT2D eigenvalue weighted by Crippen LogP contribution is -2.50. The monoisotopic (exact) mass is 497 g/mol. The van der Waals surface area contributed by atoms with Crippen LogP contribution in [-0.2, 0) is 4.79 Å². The smallest absolute Gasteiger partial charge is 0.295 e. The number of rotatable bonds is 7. The number of carbonyl (C=O) groups excluding carboxylic acids is 2. The number of aromatic nitrogens is 2. The van der Waals surface area contributed by atoms with Gasteiger partial charge in [-0.2, -0.15) is 5.10 Å². The molecule has 1 amide bonds. The van der Waals surface area contributed by atoms with Gasteiger partial charge < -0.3 is 19.5 Å². The van der Waals surface area contributed by atoms with Crippen molar-refractivity contribution in [2.24, 2.45) is 10.1 Å². The Balaban J connectivity index is 1.38. The van der Waals surface area contributed by atoms with Crippen molar-refractivity contribution in [3.8, 4) is 5.75 Å². The van der Waals surface area contributed by atoms with Gasteiger partial charge in [-0.3, -0.25) is 14.6 Å². The summed E-state index contributed by atoms with van der Waals surface area (Å²) in [7, 11) is 3.15. The first-order chi connectivity index (χ1) is 18.1. The van der Waals surface area contributed by atoms with E-state index < -0.39 is 11.7 Å². The molecule has 10 nitrogen and oxygen atoms in total. The number of ether oxygens (including phenoxy) is 1. The number of carbonyl (C=O) groups is 2. The fourth-order valence-electron chi connectivity index (χ4n) is 4.76. The van der Waals surface area contributed by atoms with Crippen LogP contribution in [0.4, 0.5) is 11.5 Å². The molecule has 0 bridgehead atoms. The van der Waals surface area contributed by atoms with E-state index in [1.54, 1.807) is 30.3 Å². The van der Waals surface area contributed by atoms with Gasteiger partial charge in [0.2, 0.25) is 0 Å². The van der Waals surface area contributed by atoms with E-state index in [-0.39, 0.29) is 5.56 Å². The van der Waals surface area contributed by atoms with Crippen molar-refractivity contribution in [3.63, 3.8) is 0 Å². The zero-order valence-corrected chi connectivity index (χ0v) is 20.7. The summed E-state index contributed by atoms with van der Waals surface area (Å²) in [6, 6.07) is 13.6. The molecule has 0 saturated carbocycles. The van der Waals surface area contributed by atoms with Gasteiger partial charge in [-0.25, -0.2) is 9.99 Å². The zero-order valence-electron chi connectivity index (χ0n) is 20.7. The maximum atomic E-state index is 13.4. The SMILES string of the molecule is C=NN(C=NC)c1ccc(OC)c2c(C(=O)C(=O)N3CCN(c4nccc5ccccc45)CC3)c[nH]c12. The Morgan fingerprint density at radius 2 is 1.92 bits per heavy atom. The fourth-order valence-corrected chi connectivity index (χ4v) is 4.76. The number of Topliss-reactive ketones (excluding diaryl/α,β-unsaturated/α-hetero) is 1. The maximum Gasteiger partial charge on any atom is 0.295 e. The molecule has 1 fully saturated rings. The van der Waals surface area contributed by atoms with Gasteiger partial charge in [0.15, 0.2) is 0 Å². The van der Waals surface area contributed by atoms with Crippen LogP contribution < -0.4 is 14.6 Å². The van der Waals surface area contributed by atoms with E-state index in [2.05, 4.69) is 37.7 Å². The predicted octanol–water partition coefficient (Wildman–Crippen LogP) is 3.34. The molecular weight excluding hydrogens is 470 g/mol. The minimum Gasteiger partial charge on any atom is -0.496 e. The van der Waals surface area contributed by atoms with Gasteiger partial charge in [-0.15, -0.1) is 0 Å². The Labute approximate surface area is 213 Å². The number of hydrazone groups is 1. The molecular formula is C27H27N7O3. The van der Waals surface area contributed by atoms with Crippen LogP contribution in [-0.4, -0.2) is 80.0 Å². The van der Waals surface area contributed by atoms with E-state index in [1.165, 1.54) is 24.7 Å². The standard InChI is InChI=1S/C27H27N7O3/c1-28-17-34(29-2)21-8-9-22(37-3)23-20(16-31-24(21)23)25(35)27(36)33-14-12-32(13-15-33)26-19-7-5-4-6-18(19)10-11-30-26/h4-11,16-17,31H,2,12-15H2,1,3H3. The lowest BCUT2D eigenvalue weighted by molar-refractivity contribution is -0.126. The average Bonchev–Trinajstić information content (AvgIpc) is 3.40. The van der Waals surface area contributed by atoms with Crippen LogP contribution in [0.3, 0.4) is 0 Å². The summed E-state index contributed by atoms with van der Waals surface area (Å²) in [5.41, 5.74) is 1.46. The molecule has 188 valence electrons. The van der Waals surface area contributed by atoms with Crippen LogP contribution in [0, 0.1) is 0 Å². The molecule has 0 spiro atoms. The highest BCUT2D eigenvalue weighted by atomic mass is 16.5. The Bertz CT molecular complexity index is 1510. The highest BCUT2D eigenvalue weighted by Crippen LogP contribution is 2.36. The van der Waals surface area contributed by atoms with Crippen molar-refractivity contribution in [3.05, 3.63) is 60.4 Å². The molecule has 3 heterocycles. The molecule has 0 unspecified atom stereocenters. The van der Waals surface area contributed by atoms with Crippen molar-refractivity contribution in [2.75, 3.05) is 50.2 Å². The minimum absolute atomic E-state index is 0.245. The van der Waals surface area contributed by atoms with Gasteiger partial charge in [-0.1, -0.05) is 24.3 Å². The predicted molar refractivity (Wildman–Crippen MR) is 146 cm³/mol. The van der Waals surface area contributed by atoms with Crippen molar-refractivity contribution in [2.45, 2.75) is 0 Å². The summed E-state index contributed by atoms with van der Waals surface area (Å²) in [4.78, 5) is 42.2. The van der Waals surface area contributed by atoms with Gasteiger partial charge in [0, 0.05) is 57.7 Å². The molecule has 5 rings (SSSR count). The van der Waals surface area contributed by atoms with Crippen LogP contribution in [0.2, 0.25) is 0 Å². The second-order valence-electron chi connectivity index (χ2n) is 8.56. The number of hydrogen-bond acceptors (Lipinski definition) is 7. The van der Waals surface area contributed by atoms with E-state index in [0.29, 0.717) is 48.5 Å². The number of benzene rings is 2. The van der Waals surface area contributed by atoms with Crippen molar-refractivity contribution in [1.29, 1.82) is 0 Å². The number of aliphatic imine (C=N–C) groups is 1. The van der Waals surface area contributed by atoms with E-state index in [4.69, 9.17) is 4.74 Å². The second kappa shape index (κ2) is 10.1. The lowest BCUT2D eigenvalue weighted by Gasteiger charge is -2.35. The van der Waals surface area contributed by atoms with Crippen LogP contribution >= 0.6 is 0 Å². The highest BCUT2D eigenvalue weighted by molar-refractivity contribution is 6.45. The summed E-state index contributed by atoms with van der Waals surface area (Å²) in [5.74, 6) is 0.218. The van der Waals surface area contributed by atoms with Crippen LogP contribution in [0.25, 0.3) is 21.7 Å². The number of nitrogens with one attached hydrogen (secondary N) is 1. The van der Waals surface area contributed by atoms with E-state index >= 15 is 0 Å². The van der Waals surface area contributed by atoms with Gasteiger partial charge >= 0.3 is 0 Å². The normalized spacial score (nSPS) is 13.9. The van der Waals surface area contributed by atoms with Gasteiger partial charge in [-0.05, 0) is 23.6 Å². The number of methoxy groups -OCH3 is 1. The number of nitrogens with zero attached hydrogens (tertiary/aromatic N) is 6. The number of H-pyrrole nitrogens is 1. The summed E-state index contributed by atoms with van der Waals surface area (Å²) >= 11 is 0. The number of amides is 1. The van der Waals surface area contributed by atoms with Gasteiger partial charge in [0.05, 0.1) is 29.3 Å². The van der Waals surface area contributed by atoms with Crippen LogP contribution in [0.1, 0.15) is 10.4 Å². The topological polar surface area (TPSA) is 106 Å². The molecule has 0 atom stereocenters. The molecule has 0 aliphatic carbocycles. The van der Waals surface area contributed by atoms with Crippen molar-refractivity contribution >= 4 is 57.9 Å². The van der Waals surface area contributed by atoms with Crippen LogP contribution in [0.5, 0.6) is 5.75 Å². The number of aromatic amines is 1. The van der Waals surface area contributed by atoms with E-state index in [1.807, 2.05) is 24.3 Å². The Morgan fingerprint density at radius 1 is 1.14 bits per heavy atom. The van der Waals surface area contributed by atoms with Crippen molar-refractivity contribution < 1.29 is 14.3 Å². The summed E-state index contributed by atoms with van der Waals surface area (Å²) in [6.07, 6.45) is 4.84. The molecule has 1 N–H and O–H groups in total. The van der Waals surface area contributed by atoms with E-state index in [9.17, 15) is 9.59 Å². The number of anilines is 2. The first-order valence-electron chi connectivity index (χ1n) is 11.9. The first kappa shape index (κ1) is 24.0. The zero-order chi connectivity index (χ0) is 25.9. The second-order valence-corrected chi connectivity index (χ2v) is 8.56. The number of piperazine rings is 1. The minimum atomic E-state index is -0.597. The Hall–Kier alpha value is -4.73. The quantitative estimate of drug-likeness (QED) is 0.138. The molecule has 1 aliphatic heterocycles. The first-order valence-corrected chi connectivity index (χ1v) is 11.9. The van der Waals surface area contributed by atoms with Gasteiger partial charge in [0.1, 0.15) is 17.9 Å². The van der Waals surface area contributed by atoms with E-state index in [0.717, 1.165) is 16.6 Å². The molecule has 10 heteroatoms. The van der Waals surface area contributed by atoms with Crippen LogP contribution in [0.15, 0.2) is 65.0 Å². The Morgan fingerprint density at radius 3 is 2.65 bits per heavy atom. The number of fused-ring (bicyclic) bond motifs is 2. The Kier molecular flexibility index (Phi) is 6.55. The summed E-state index contributed by atoms with van der Waals surface area (Å²) < 4.78 is 5.52. The van der Waals surface area contributed by atoms with Crippen molar-refractivity contribution in [1.82, 2.24) is 14.9 Å². The summed E-state index contributed by atoms with van der Waals surface area (Å²) in [5, 5.41) is 8.14. The molecule has 1 saturated heterocycles. The molecule has 0 radical (unpaired) electrons. The fraction of sp³-hybridized carbons (Fsp3) is 0.222. The van der Waals surface area contributed by atoms with Gasteiger partial charge in [0.25, 0.3) is 11.7 Å². The molecule has 2 aromatic carbocycles. The molecule has 1 aliphatic rings. The third-order valence-corrected chi connectivity index (χ3v) is 6.58. The molecule has 37 heavy (non-hydrogen) atoms. The molecule has 2 aromatic heterocycles. The number of pyridine rings is 1. The third kappa shape index (κ3) is 4.26. The maximum absolute atomic E-state index is 13.4. The molecule has 4 aromatic rings. The number of hydrogen-bond donors (Lipinski definition) is 1.